The molecule has 2 atom stereocenters. The highest BCUT2D eigenvalue weighted by molar-refractivity contribution is 7.12. The van der Waals surface area contributed by atoms with Crippen LogP contribution in [-0.2, 0) is 20.7 Å². The maximum atomic E-state index is 12.4. The average molecular weight is 368 g/mol. The molecule has 140 valence electrons. The Labute approximate surface area is 153 Å². The third-order valence-electron chi connectivity index (χ3n) is 5.48. The van der Waals surface area contributed by atoms with Crippen LogP contribution >= 0.6 is 11.3 Å². The van der Waals surface area contributed by atoms with Crippen molar-refractivity contribution in [1.82, 2.24) is 5.32 Å². The summed E-state index contributed by atoms with van der Waals surface area (Å²) in [4.78, 5) is 26.8. The second-order valence-electron chi connectivity index (χ2n) is 7.42. The number of carboxylic acids is 1. The summed E-state index contributed by atoms with van der Waals surface area (Å²) in [5.41, 5.74) is -0.590. The van der Waals surface area contributed by atoms with Crippen LogP contribution in [0.15, 0.2) is 6.07 Å². The lowest BCUT2D eigenvalue weighted by molar-refractivity contribution is -0.194. The molecule has 25 heavy (non-hydrogen) atoms. The minimum atomic E-state index is -1.24. The van der Waals surface area contributed by atoms with Crippen molar-refractivity contribution in [1.29, 1.82) is 0 Å². The van der Waals surface area contributed by atoms with Crippen LogP contribution in [0, 0.1) is 19.3 Å². The normalized spacial score (nSPS) is 24.6. The second kappa shape index (κ2) is 7.46. The number of hydrogen-bond donors (Lipinski definition) is 2. The predicted molar refractivity (Wildman–Crippen MR) is 99.1 cm³/mol. The lowest BCUT2D eigenvalue weighted by Crippen LogP contribution is -2.76. The highest BCUT2D eigenvalue weighted by Gasteiger charge is 2.66. The van der Waals surface area contributed by atoms with Gasteiger partial charge in [-0.2, -0.15) is 0 Å². The van der Waals surface area contributed by atoms with Gasteiger partial charge in [0, 0.05) is 34.6 Å². The molecule has 0 bridgehead atoms. The molecular weight excluding hydrogens is 338 g/mol. The van der Waals surface area contributed by atoms with E-state index in [-0.39, 0.29) is 12.0 Å². The molecule has 2 unspecified atom stereocenters. The Morgan fingerprint density at radius 2 is 2.08 bits per heavy atom. The first-order valence-corrected chi connectivity index (χ1v) is 9.67. The van der Waals surface area contributed by atoms with Crippen LogP contribution in [-0.4, -0.2) is 35.2 Å². The molecule has 1 aromatic heterocycles. The van der Waals surface area contributed by atoms with Gasteiger partial charge in [-0.25, -0.2) is 4.79 Å². The van der Waals surface area contributed by atoms with E-state index in [2.05, 4.69) is 25.2 Å². The number of carboxylic acid groups (broad SMARTS) is 1. The van der Waals surface area contributed by atoms with Crippen molar-refractivity contribution in [3.8, 4) is 0 Å². The first kappa shape index (κ1) is 19.9. The molecule has 1 aromatic rings. The van der Waals surface area contributed by atoms with Crippen LogP contribution in [0.4, 0.5) is 0 Å². The summed E-state index contributed by atoms with van der Waals surface area (Å²) in [6.07, 6.45) is 2.06. The van der Waals surface area contributed by atoms with Gasteiger partial charge in [0.15, 0.2) is 0 Å². The predicted octanol–water partition coefficient (Wildman–Crippen LogP) is 3.46. The summed E-state index contributed by atoms with van der Waals surface area (Å²) in [5.74, 6) is -1.18. The van der Waals surface area contributed by atoms with Crippen LogP contribution in [0.5, 0.6) is 0 Å². The quantitative estimate of drug-likeness (QED) is 0.738. The summed E-state index contributed by atoms with van der Waals surface area (Å²) in [6.45, 7) is 10.3. The van der Waals surface area contributed by atoms with E-state index in [4.69, 9.17) is 4.74 Å². The zero-order valence-electron chi connectivity index (χ0n) is 15.8. The Bertz CT molecular complexity index is 652. The van der Waals surface area contributed by atoms with Gasteiger partial charge in [-0.1, -0.05) is 13.8 Å². The van der Waals surface area contributed by atoms with Crippen molar-refractivity contribution in [3.05, 3.63) is 21.4 Å². The Kier molecular flexibility index (Phi) is 5.94. The zero-order valence-corrected chi connectivity index (χ0v) is 16.6. The lowest BCUT2D eigenvalue weighted by atomic mass is 9.54. The Morgan fingerprint density at radius 3 is 2.56 bits per heavy atom. The molecule has 1 aliphatic carbocycles. The summed E-state index contributed by atoms with van der Waals surface area (Å²) in [5, 5.41) is 12.5. The monoisotopic (exact) mass is 367 g/mol. The van der Waals surface area contributed by atoms with E-state index in [1.807, 2.05) is 20.8 Å². The number of nitrogens with one attached hydrogen (secondary N) is 1. The van der Waals surface area contributed by atoms with E-state index in [0.29, 0.717) is 25.9 Å². The molecule has 0 aliphatic heterocycles. The van der Waals surface area contributed by atoms with Crippen molar-refractivity contribution >= 4 is 23.2 Å². The van der Waals surface area contributed by atoms with E-state index in [0.717, 1.165) is 6.42 Å². The smallest absolute Gasteiger partial charge is 0.330 e. The summed E-state index contributed by atoms with van der Waals surface area (Å²) >= 11 is 1.77. The molecule has 5 nitrogen and oxygen atoms in total. The van der Waals surface area contributed by atoms with Crippen LogP contribution in [0.1, 0.15) is 55.4 Å². The third-order valence-corrected chi connectivity index (χ3v) is 6.48. The van der Waals surface area contributed by atoms with Gasteiger partial charge in [0.25, 0.3) is 0 Å². The third kappa shape index (κ3) is 3.75. The summed E-state index contributed by atoms with van der Waals surface area (Å²) in [7, 11) is 0. The molecule has 0 saturated heterocycles. The second-order valence-corrected chi connectivity index (χ2v) is 8.88. The van der Waals surface area contributed by atoms with E-state index in [1.165, 1.54) is 15.3 Å². The number of carbonyl (C=O) groups is 2. The van der Waals surface area contributed by atoms with Crippen LogP contribution in [0.25, 0.3) is 0 Å². The molecule has 1 fully saturated rings. The number of rotatable bonds is 8. The van der Waals surface area contributed by atoms with Crippen molar-refractivity contribution in [2.75, 3.05) is 6.61 Å². The standard InChI is InChI=1S/C19H29NO4S/c1-6-24-15-11-19(17(22)23,18(15,4)5)20-16(21)9-7-8-14-10-12(2)25-13(14)3/h10,15H,6-9,11H2,1-5H3,(H,20,21)(H,22,23). The van der Waals surface area contributed by atoms with E-state index in [1.54, 1.807) is 11.3 Å². The van der Waals surface area contributed by atoms with Crippen LogP contribution in [0.2, 0.25) is 0 Å². The number of ether oxygens (including phenoxy) is 1. The SMILES string of the molecule is CCOC1CC(NC(=O)CCCc2cc(C)sc2C)(C(=O)O)C1(C)C. The first-order valence-electron chi connectivity index (χ1n) is 8.86. The minimum Gasteiger partial charge on any atom is -0.479 e. The number of amides is 1. The Morgan fingerprint density at radius 1 is 1.40 bits per heavy atom. The van der Waals surface area contributed by atoms with Crippen molar-refractivity contribution < 1.29 is 19.4 Å². The summed E-state index contributed by atoms with van der Waals surface area (Å²) in [6, 6.07) is 2.17. The molecule has 1 saturated carbocycles. The molecule has 1 amide bonds. The molecule has 0 aromatic carbocycles. The molecule has 1 heterocycles. The number of thiophene rings is 1. The maximum absolute atomic E-state index is 12.4. The molecule has 2 N–H and O–H groups in total. The minimum absolute atomic E-state index is 0.148. The van der Waals surface area contributed by atoms with Gasteiger partial charge in [0.1, 0.15) is 5.54 Å². The lowest BCUT2D eigenvalue weighted by Gasteiger charge is -2.58. The van der Waals surface area contributed by atoms with Gasteiger partial charge in [-0.05, 0) is 45.2 Å². The van der Waals surface area contributed by atoms with Gasteiger partial charge < -0.3 is 15.2 Å². The van der Waals surface area contributed by atoms with Gasteiger partial charge in [0.05, 0.1) is 6.10 Å². The Balaban J connectivity index is 1.93. The van der Waals surface area contributed by atoms with Gasteiger partial charge in [-0.15, -0.1) is 11.3 Å². The highest BCUT2D eigenvalue weighted by atomic mass is 32.1. The largest absolute Gasteiger partial charge is 0.479 e. The highest BCUT2D eigenvalue weighted by Crippen LogP contribution is 2.51. The fourth-order valence-electron chi connectivity index (χ4n) is 3.71. The number of carbonyl (C=O) groups excluding carboxylic acids is 1. The van der Waals surface area contributed by atoms with E-state index >= 15 is 0 Å². The summed E-state index contributed by atoms with van der Waals surface area (Å²) < 4.78 is 5.62. The molecule has 1 aliphatic rings. The zero-order chi connectivity index (χ0) is 18.8. The van der Waals surface area contributed by atoms with E-state index in [9.17, 15) is 14.7 Å². The molecule has 2 rings (SSSR count). The fourth-order valence-corrected chi connectivity index (χ4v) is 4.68. The van der Waals surface area contributed by atoms with Crippen molar-refractivity contribution in [2.45, 2.75) is 71.9 Å². The van der Waals surface area contributed by atoms with Gasteiger partial charge >= 0.3 is 5.97 Å². The fraction of sp³-hybridized carbons (Fsp3) is 0.684. The van der Waals surface area contributed by atoms with E-state index < -0.39 is 16.9 Å². The molecule has 0 radical (unpaired) electrons. The van der Waals surface area contributed by atoms with Gasteiger partial charge in [0.2, 0.25) is 5.91 Å². The topological polar surface area (TPSA) is 75.6 Å². The first-order chi connectivity index (χ1) is 11.6. The van der Waals surface area contributed by atoms with Gasteiger partial charge in [-0.3, -0.25) is 4.79 Å². The number of aryl methyl sites for hydroxylation is 3. The maximum Gasteiger partial charge on any atom is 0.330 e. The number of aliphatic carboxylic acids is 1. The molecule has 6 heteroatoms. The molecular formula is C19H29NO4S. The van der Waals surface area contributed by atoms with Crippen LogP contribution < -0.4 is 5.32 Å². The Hall–Kier alpha value is -1.40. The van der Waals surface area contributed by atoms with Crippen molar-refractivity contribution in [2.24, 2.45) is 5.41 Å². The molecule has 0 spiro atoms. The number of hydrogen-bond acceptors (Lipinski definition) is 4. The average Bonchev–Trinajstić information content (AvgIpc) is 2.83. The van der Waals surface area contributed by atoms with Crippen molar-refractivity contribution in [3.63, 3.8) is 0 Å². The van der Waals surface area contributed by atoms with Crippen LogP contribution in [0.3, 0.4) is 0 Å².